The number of anilines is 1. The largest absolute Gasteiger partial charge is 0.496 e. The molecule has 3 aliphatic heterocycles. The normalized spacial score (nSPS) is 23.6. The number of amides is 1. The van der Waals surface area contributed by atoms with Crippen molar-refractivity contribution in [1.82, 2.24) is 15.2 Å². The van der Waals surface area contributed by atoms with Crippen LogP contribution < -0.4 is 15.0 Å². The number of para-hydroxylation sites is 1. The zero-order valence-corrected chi connectivity index (χ0v) is 17.0. The molecule has 0 aliphatic carbocycles. The first-order valence-corrected chi connectivity index (χ1v) is 10.9. The van der Waals surface area contributed by atoms with Crippen LogP contribution in [0.1, 0.15) is 29.0 Å². The highest BCUT2D eigenvalue weighted by Crippen LogP contribution is 2.38. The fourth-order valence-electron chi connectivity index (χ4n) is 4.72. The van der Waals surface area contributed by atoms with E-state index in [2.05, 4.69) is 10.2 Å². The molecule has 148 valence electrons. The number of carbonyl (C=O) groups excluding carboxylic acids is 1. The van der Waals surface area contributed by atoms with Crippen LogP contribution in [-0.4, -0.2) is 54.6 Å². The summed E-state index contributed by atoms with van der Waals surface area (Å²) >= 11 is 1.79. The van der Waals surface area contributed by atoms with Crippen LogP contribution in [0.5, 0.6) is 5.75 Å². The quantitative estimate of drug-likeness (QED) is 0.856. The summed E-state index contributed by atoms with van der Waals surface area (Å²) in [5, 5.41) is 4.70. The minimum absolute atomic E-state index is 0.160. The van der Waals surface area contributed by atoms with Crippen LogP contribution in [0.15, 0.2) is 24.3 Å². The molecule has 2 unspecified atom stereocenters. The van der Waals surface area contributed by atoms with Gasteiger partial charge < -0.3 is 19.9 Å². The van der Waals surface area contributed by atoms with Crippen LogP contribution in [-0.2, 0) is 24.2 Å². The first-order chi connectivity index (χ1) is 13.7. The number of fused-ring (bicyclic) bond motifs is 3. The van der Waals surface area contributed by atoms with Crippen molar-refractivity contribution < 1.29 is 9.53 Å². The van der Waals surface area contributed by atoms with E-state index in [9.17, 15) is 4.79 Å². The van der Waals surface area contributed by atoms with Crippen LogP contribution in [0.3, 0.4) is 0 Å². The number of thiazole rings is 1. The van der Waals surface area contributed by atoms with Gasteiger partial charge in [-0.2, -0.15) is 0 Å². The number of ether oxygens (including phenoxy) is 1. The third-order valence-corrected chi connectivity index (χ3v) is 7.30. The van der Waals surface area contributed by atoms with Gasteiger partial charge in [-0.3, -0.25) is 4.79 Å². The van der Waals surface area contributed by atoms with Crippen molar-refractivity contribution in [2.75, 3.05) is 31.6 Å². The molecular weight excluding hydrogens is 372 g/mol. The molecule has 6 nitrogen and oxygen atoms in total. The average Bonchev–Trinajstić information content (AvgIpc) is 3.24. The van der Waals surface area contributed by atoms with Crippen LogP contribution in [0.2, 0.25) is 0 Å². The maximum absolute atomic E-state index is 12.9. The Hall–Kier alpha value is -2.12. The molecule has 0 spiro atoms. The minimum atomic E-state index is 0.160. The molecule has 1 N–H and O–H groups in total. The summed E-state index contributed by atoms with van der Waals surface area (Å²) in [6.07, 6.45) is 3.74. The first kappa shape index (κ1) is 17.9. The predicted molar refractivity (Wildman–Crippen MR) is 110 cm³/mol. The zero-order chi connectivity index (χ0) is 19.1. The molecular formula is C21H26N4O2S. The number of rotatable bonds is 4. The second-order valence-corrected chi connectivity index (χ2v) is 8.93. The Kier molecular flexibility index (Phi) is 4.72. The smallest absolute Gasteiger partial charge is 0.227 e. The standard InChI is InChI=1S/C21H26N4O2S/c1-27-18-5-3-2-4-14(18)10-20(26)24-9-8-17-19(13-24)28-21(23-17)25-15-6-7-16(25)12-22-11-15/h2-5,15-16,22H,6-13H2,1H3. The van der Waals surface area contributed by atoms with Crippen molar-refractivity contribution in [3.63, 3.8) is 0 Å². The van der Waals surface area contributed by atoms with Gasteiger partial charge >= 0.3 is 0 Å². The van der Waals surface area contributed by atoms with Gasteiger partial charge in [-0.25, -0.2) is 4.98 Å². The molecule has 2 fully saturated rings. The first-order valence-electron chi connectivity index (χ1n) is 10.1. The van der Waals surface area contributed by atoms with Crippen LogP contribution in [0.4, 0.5) is 5.13 Å². The number of methoxy groups -OCH3 is 1. The van der Waals surface area contributed by atoms with Crippen molar-refractivity contribution >= 4 is 22.4 Å². The summed E-state index contributed by atoms with van der Waals surface area (Å²) in [5.74, 6) is 0.940. The van der Waals surface area contributed by atoms with Gasteiger partial charge in [0.25, 0.3) is 0 Å². The Morgan fingerprint density at radius 1 is 1.29 bits per heavy atom. The molecule has 0 saturated carbocycles. The summed E-state index contributed by atoms with van der Waals surface area (Å²) < 4.78 is 5.40. The van der Waals surface area contributed by atoms with Crippen molar-refractivity contribution in [3.05, 3.63) is 40.4 Å². The summed E-state index contributed by atoms with van der Waals surface area (Å²) in [7, 11) is 1.65. The number of aromatic nitrogens is 1. The van der Waals surface area contributed by atoms with Crippen molar-refractivity contribution in [2.45, 2.75) is 44.3 Å². The zero-order valence-electron chi connectivity index (χ0n) is 16.2. The maximum atomic E-state index is 12.9. The van der Waals surface area contributed by atoms with Gasteiger partial charge in [-0.05, 0) is 18.9 Å². The van der Waals surface area contributed by atoms with Crippen LogP contribution in [0.25, 0.3) is 0 Å². The molecule has 4 heterocycles. The van der Waals surface area contributed by atoms with Gasteiger partial charge in [0, 0.05) is 48.6 Å². The molecule has 1 amide bonds. The molecule has 28 heavy (non-hydrogen) atoms. The van der Waals surface area contributed by atoms with E-state index in [0.717, 1.165) is 42.5 Å². The van der Waals surface area contributed by atoms with E-state index in [4.69, 9.17) is 9.72 Å². The minimum Gasteiger partial charge on any atom is -0.496 e. The van der Waals surface area contributed by atoms with Crippen molar-refractivity contribution in [2.24, 2.45) is 0 Å². The highest BCUT2D eigenvalue weighted by molar-refractivity contribution is 7.15. The Morgan fingerprint density at radius 3 is 2.86 bits per heavy atom. The summed E-state index contributed by atoms with van der Waals surface area (Å²) in [4.78, 5) is 23.7. The number of carbonyl (C=O) groups is 1. The molecule has 2 atom stereocenters. The maximum Gasteiger partial charge on any atom is 0.227 e. The average molecular weight is 399 g/mol. The van der Waals surface area contributed by atoms with Crippen LogP contribution in [0, 0.1) is 0 Å². The highest BCUT2D eigenvalue weighted by Gasteiger charge is 2.39. The van der Waals surface area contributed by atoms with Gasteiger partial charge in [-0.1, -0.05) is 29.5 Å². The molecule has 2 saturated heterocycles. The summed E-state index contributed by atoms with van der Waals surface area (Å²) in [6.45, 7) is 3.55. The summed E-state index contributed by atoms with van der Waals surface area (Å²) in [6, 6.07) is 8.92. The Labute approximate surface area is 169 Å². The van der Waals surface area contributed by atoms with Gasteiger partial charge in [0.1, 0.15) is 5.75 Å². The van der Waals surface area contributed by atoms with E-state index >= 15 is 0 Å². The molecule has 1 aromatic carbocycles. The molecule has 0 radical (unpaired) electrons. The highest BCUT2D eigenvalue weighted by atomic mass is 32.1. The SMILES string of the molecule is COc1ccccc1CC(=O)N1CCc2nc(N3C4CCC3CNC4)sc2C1. The fourth-order valence-corrected chi connectivity index (χ4v) is 5.99. The lowest BCUT2D eigenvalue weighted by Crippen LogP contribution is -2.51. The lowest BCUT2D eigenvalue weighted by molar-refractivity contribution is -0.131. The number of hydrogen-bond donors (Lipinski definition) is 1. The number of nitrogens with one attached hydrogen (secondary N) is 1. The topological polar surface area (TPSA) is 57.7 Å². The van der Waals surface area contributed by atoms with E-state index in [1.165, 1.54) is 23.4 Å². The molecule has 3 aliphatic rings. The second-order valence-electron chi connectivity index (χ2n) is 7.87. The molecule has 7 heteroatoms. The number of piperazine rings is 1. The van der Waals surface area contributed by atoms with Crippen molar-refractivity contribution in [1.29, 1.82) is 0 Å². The Morgan fingerprint density at radius 2 is 2.07 bits per heavy atom. The number of benzene rings is 1. The van der Waals surface area contributed by atoms with Gasteiger partial charge in [0.15, 0.2) is 5.13 Å². The summed E-state index contributed by atoms with van der Waals surface area (Å²) in [5.41, 5.74) is 2.14. The fraction of sp³-hybridized carbons (Fsp3) is 0.524. The number of hydrogen-bond acceptors (Lipinski definition) is 6. The third kappa shape index (κ3) is 3.16. The second kappa shape index (κ2) is 7.37. The molecule has 2 bridgehead atoms. The van der Waals surface area contributed by atoms with Gasteiger partial charge in [0.2, 0.25) is 5.91 Å². The lowest BCUT2D eigenvalue weighted by Gasteiger charge is -2.35. The van der Waals surface area contributed by atoms with Gasteiger partial charge in [0.05, 0.1) is 25.8 Å². The van der Waals surface area contributed by atoms with E-state index in [0.29, 0.717) is 25.0 Å². The van der Waals surface area contributed by atoms with Crippen LogP contribution >= 0.6 is 11.3 Å². The van der Waals surface area contributed by atoms with E-state index in [1.54, 1.807) is 18.4 Å². The van der Waals surface area contributed by atoms with E-state index < -0.39 is 0 Å². The molecule has 2 aromatic rings. The van der Waals surface area contributed by atoms with E-state index in [1.807, 2.05) is 29.2 Å². The van der Waals surface area contributed by atoms with Crippen molar-refractivity contribution in [3.8, 4) is 5.75 Å². The number of nitrogens with zero attached hydrogens (tertiary/aromatic N) is 3. The Balaban J connectivity index is 1.30. The third-order valence-electron chi connectivity index (χ3n) is 6.21. The Bertz CT molecular complexity index is 867. The predicted octanol–water partition coefficient (Wildman–Crippen LogP) is 2.22. The monoisotopic (exact) mass is 398 g/mol. The molecule has 5 rings (SSSR count). The molecule has 1 aromatic heterocycles. The lowest BCUT2D eigenvalue weighted by atomic mass is 10.1. The van der Waals surface area contributed by atoms with Gasteiger partial charge in [-0.15, -0.1) is 0 Å². The van der Waals surface area contributed by atoms with E-state index in [-0.39, 0.29) is 5.91 Å².